The van der Waals surface area contributed by atoms with E-state index in [4.69, 9.17) is 4.55 Å². The maximum atomic E-state index is 10.9. The average molecular weight is 268 g/mol. The van der Waals surface area contributed by atoms with Gasteiger partial charge in [0.25, 0.3) is 10.1 Å². The van der Waals surface area contributed by atoms with Gasteiger partial charge in [0.05, 0.1) is 4.90 Å². The number of rotatable bonds is 2. The van der Waals surface area contributed by atoms with Crippen molar-refractivity contribution in [2.75, 3.05) is 0 Å². The molecule has 0 heterocycles. The van der Waals surface area contributed by atoms with E-state index in [1.54, 1.807) is 19.1 Å². The van der Waals surface area contributed by atoms with Gasteiger partial charge in [0, 0.05) is 0 Å². The molecule has 100 valence electrons. The van der Waals surface area contributed by atoms with E-state index in [1.807, 2.05) is 26.8 Å². The standard InChI is InChI=1S/C12H14O3S.C2H6/c1-4-10-8-12(16(13,14)15)6-5-11(10)7-9(2)3;1-2/h4-8H,2H2,1,3H3,(H,13,14,15);1-2H3/b10-4-,11-7-;. The molecule has 0 amide bonds. The first-order valence-corrected chi connectivity index (χ1v) is 7.20. The summed E-state index contributed by atoms with van der Waals surface area (Å²) in [5, 5.41) is 1.63. The lowest BCUT2D eigenvalue weighted by Crippen LogP contribution is -2.25. The zero-order valence-corrected chi connectivity index (χ0v) is 12.1. The number of benzene rings is 1. The van der Waals surface area contributed by atoms with Gasteiger partial charge in [-0.1, -0.05) is 44.2 Å². The summed E-state index contributed by atoms with van der Waals surface area (Å²) in [6.45, 7) is 11.4. The highest BCUT2D eigenvalue weighted by Crippen LogP contribution is 2.02. The van der Waals surface area contributed by atoms with Crippen LogP contribution >= 0.6 is 0 Å². The van der Waals surface area contributed by atoms with Crippen molar-refractivity contribution in [3.63, 3.8) is 0 Å². The van der Waals surface area contributed by atoms with Crippen LogP contribution < -0.4 is 10.4 Å². The van der Waals surface area contributed by atoms with Crippen molar-refractivity contribution >= 4 is 22.3 Å². The largest absolute Gasteiger partial charge is 0.294 e. The third kappa shape index (κ3) is 4.85. The lowest BCUT2D eigenvalue weighted by molar-refractivity contribution is 0.483. The molecule has 1 N–H and O–H groups in total. The Kier molecular flexibility index (Phi) is 6.58. The molecular formula is C14H20O3S. The number of hydrogen-bond donors (Lipinski definition) is 1. The van der Waals surface area contributed by atoms with Crippen molar-refractivity contribution < 1.29 is 13.0 Å². The molecule has 0 radical (unpaired) electrons. The van der Waals surface area contributed by atoms with E-state index in [-0.39, 0.29) is 4.90 Å². The van der Waals surface area contributed by atoms with Crippen LogP contribution in [0.25, 0.3) is 12.2 Å². The molecule has 1 aromatic carbocycles. The SMILES string of the molecule is C=C(C)/C=c1/ccc(S(=O)(=O)O)c/c1=C/C.CC. The minimum atomic E-state index is -4.14. The normalized spacial score (nSPS) is 12.9. The molecule has 0 aromatic heterocycles. The number of allylic oxidation sites excluding steroid dienone is 1. The molecule has 0 bridgehead atoms. The Morgan fingerprint density at radius 2 is 1.83 bits per heavy atom. The predicted molar refractivity (Wildman–Crippen MR) is 76.3 cm³/mol. The van der Waals surface area contributed by atoms with Crippen LogP contribution in [0.2, 0.25) is 0 Å². The molecule has 1 aromatic rings. The zero-order valence-electron chi connectivity index (χ0n) is 11.3. The quantitative estimate of drug-likeness (QED) is 0.836. The molecule has 4 heteroatoms. The summed E-state index contributed by atoms with van der Waals surface area (Å²) in [6.07, 6.45) is 3.63. The van der Waals surface area contributed by atoms with Crippen molar-refractivity contribution in [1.82, 2.24) is 0 Å². The summed E-state index contributed by atoms with van der Waals surface area (Å²) in [7, 11) is -4.14. The monoisotopic (exact) mass is 268 g/mol. The fourth-order valence-electron chi connectivity index (χ4n) is 1.36. The predicted octanol–water partition coefficient (Wildman–Crippen LogP) is 2.12. The van der Waals surface area contributed by atoms with Gasteiger partial charge in [0.15, 0.2) is 0 Å². The van der Waals surface area contributed by atoms with Crippen molar-refractivity contribution in [3.8, 4) is 0 Å². The lowest BCUT2D eigenvalue weighted by atomic mass is 10.2. The van der Waals surface area contributed by atoms with Gasteiger partial charge < -0.3 is 0 Å². The third-order valence-corrected chi connectivity index (χ3v) is 2.92. The molecule has 0 saturated heterocycles. The first kappa shape index (κ1) is 16.6. The molecule has 0 aliphatic carbocycles. The first-order chi connectivity index (χ1) is 8.34. The summed E-state index contributed by atoms with van der Waals surface area (Å²) in [5.74, 6) is 0. The number of hydrogen-bond acceptors (Lipinski definition) is 2. The maximum Gasteiger partial charge on any atom is 0.294 e. The van der Waals surface area contributed by atoms with Gasteiger partial charge in [-0.05, 0) is 36.4 Å². The Morgan fingerprint density at radius 3 is 2.22 bits per heavy atom. The second kappa shape index (κ2) is 7.13. The topological polar surface area (TPSA) is 54.4 Å². The Labute approximate surface area is 109 Å². The van der Waals surface area contributed by atoms with Crippen LogP contribution in [-0.2, 0) is 10.1 Å². The Balaban J connectivity index is 0.00000137. The van der Waals surface area contributed by atoms with Crippen LogP contribution in [0.4, 0.5) is 0 Å². The van der Waals surface area contributed by atoms with E-state index in [0.717, 1.165) is 16.0 Å². The van der Waals surface area contributed by atoms with E-state index in [9.17, 15) is 8.42 Å². The summed E-state index contributed by atoms with van der Waals surface area (Å²) >= 11 is 0. The average Bonchev–Trinajstić information content (AvgIpc) is 2.30. The second-order valence-electron chi connectivity index (χ2n) is 3.55. The van der Waals surface area contributed by atoms with Gasteiger partial charge >= 0.3 is 0 Å². The fourth-order valence-corrected chi connectivity index (χ4v) is 1.88. The van der Waals surface area contributed by atoms with E-state index >= 15 is 0 Å². The molecule has 0 unspecified atom stereocenters. The van der Waals surface area contributed by atoms with Crippen LogP contribution in [0, 0.1) is 0 Å². The van der Waals surface area contributed by atoms with Crippen molar-refractivity contribution in [2.24, 2.45) is 0 Å². The van der Waals surface area contributed by atoms with Crippen LogP contribution in [-0.4, -0.2) is 13.0 Å². The smallest absolute Gasteiger partial charge is 0.282 e. The highest BCUT2D eigenvalue weighted by Gasteiger charge is 2.07. The molecular weight excluding hydrogens is 248 g/mol. The summed E-state index contributed by atoms with van der Waals surface area (Å²) in [5.41, 5.74) is 0.878. The molecule has 0 spiro atoms. The van der Waals surface area contributed by atoms with Gasteiger partial charge in [-0.15, -0.1) is 0 Å². The van der Waals surface area contributed by atoms with Gasteiger partial charge in [0.2, 0.25) is 0 Å². The van der Waals surface area contributed by atoms with Gasteiger partial charge in [0.1, 0.15) is 0 Å². The van der Waals surface area contributed by atoms with Gasteiger partial charge in [-0.2, -0.15) is 8.42 Å². The molecule has 0 fully saturated rings. The fraction of sp³-hybridized carbons (Fsp3) is 0.286. The van der Waals surface area contributed by atoms with E-state index in [0.29, 0.717) is 0 Å². The molecule has 1 rings (SSSR count). The molecule has 0 saturated carbocycles. The maximum absolute atomic E-state index is 10.9. The lowest BCUT2D eigenvalue weighted by Gasteiger charge is -1.97. The first-order valence-electron chi connectivity index (χ1n) is 5.75. The Bertz CT molecular complexity index is 625. The molecule has 3 nitrogen and oxygen atoms in total. The Hall–Kier alpha value is -1.39. The summed E-state index contributed by atoms with van der Waals surface area (Å²) in [4.78, 5) is -0.0977. The van der Waals surface area contributed by atoms with E-state index in [2.05, 4.69) is 6.58 Å². The van der Waals surface area contributed by atoms with Crippen LogP contribution in [0.1, 0.15) is 27.7 Å². The van der Waals surface area contributed by atoms with Gasteiger partial charge in [-0.3, -0.25) is 4.55 Å². The van der Waals surface area contributed by atoms with Crippen molar-refractivity contribution in [3.05, 3.63) is 40.8 Å². The summed E-state index contributed by atoms with van der Waals surface area (Å²) in [6, 6.07) is 4.45. The van der Waals surface area contributed by atoms with Crippen molar-refractivity contribution in [2.45, 2.75) is 32.6 Å². The highest BCUT2D eigenvalue weighted by molar-refractivity contribution is 7.85. The van der Waals surface area contributed by atoms with Crippen LogP contribution in [0.15, 0.2) is 35.2 Å². The zero-order chi connectivity index (χ0) is 14.3. The minimum absolute atomic E-state index is 0.0977. The van der Waals surface area contributed by atoms with Crippen molar-refractivity contribution in [1.29, 1.82) is 0 Å². The molecule has 0 atom stereocenters. The minimum Gasteiger partial charge on any atom is -0.282 e. The second-order valence-corrected chi connectivity index (χ2v) is 4.97. The van der Waals surface area contributed by atoms with Crippen LogP contribution in [0.3, 0.4) is 0 Å². The Morgan fingerprint density at radius 1 is 1.28 bits per heavy atom. The summed E-state index contributed by atoms with van der Waals surface area (Å²) < 4.78 is 30.8. The van der Waals surface area contributed by atoms with Gasteiger partial charge in [-0.25, -0.2) is 0 Å². The highest BCUT2D eigenvalue weighted by atomic mass is 32.2. The van der Waals surface area contributed by atoms with E-state index in [1.165, 1.54) is 12.1 Å². The molecule has 0 aliphatic heterocycles. The van der Waals surface area contributed by atoms with Crippen LogP contribution in [0.5, 0.6) is 0 Å². The van der Waals surface area contributed by atoms with E-state index < -0.39 is 10.1 Å². The molecule has 0 aliphatic rings. The molecule has 18 heavy (non-hydrogen) atoms. The third-order valence-electron chi connectivity index (χ3n) is 2.07.